The Morgan fingerprint density at radius 3 is 2.19 bits per heavy atom. The largest absolute Gasteiger partial charge is 0.352 e. The van der Waals surface area contributed by atoms with Crippen molar-refractivity contribution < 1.29 is 9.59 Å². The molecule has 5 fully saturated rings. The Hall–Kier alpha value is -1.88. The van der Waals surface area contributed by atoms with Gasteiger partial charge in [0.2, 0.25) is 5.91 Å². The van der Waals surface area contributed by atoms with Crippen molar-refractivity contribution in [3.63, 3.8) is 0 Å². The van der Waals surface area contributed by atoms with E-state index in [9.17, 15) is 9.59 Å². The van der Waals surface area contributed by atoms with Gasteiger partial charge in [0.05, 0.1) is 0 Å². The molecular formula is C27H39N3O2. The highest BCUT2D eigenvalue weighted by Crippen LogP contribution is 2.60. The zero-order chi connectivity index (χ0) is 22.3. The number of carbonyl (C=O) groups is 2. The predicted octanol–water partition coefficient (Wildman–Crippen LogP) is 3.98. The third kappa shape index (κ3) is 4.46. The SMILES string of the molecule is CC(C)N1CCC(CNC(=O)c2ccc(CNC(=O)C34CC5CC(CC(C5)C3)C4)cc2)C1. The zero-order valence-electron chi connectivity index (χ0n) is 19.7. The third-order valence-corrected chi connectivity index (χ3v) is 8.79. The fourth-order valence-electron chi connectivity index (χ4n) is 7.37. The predicted molar refractivity (Wildman–Crippen MR) is 126 cm³/mol. The van der Waals surface area contributed by atoms with E-state index in [0.29, 0.717) is 24.1 Å². The maximum absolute atomic E-state index is 13.1. The fraction of sp³-hybridized carbons (Fsp3) is 0.704. The summed E-state index contributed by atoms with van der Waals surface area (Å²) in [5, 5.41) is 6.35. The second-order valence-corrected chi connectivity index (χ2v) is 11.5. The number of carbonyl (C=O) groups excluding carboxylic acids is 2. The molecule has 2 N–H and O–H groups in total. The lowest BCUT2D eigenvalue weighted by Crippen LogP contribution is -2.53. The van der Waals surface area contributed by atoms with Crippen molar-refractivity contribution in [1.29, 1.82) is 0 Å². The van der Waals surface area contributed by atoms with Crippen molar-refractivity contribution in [2.24, 2.45) is 29.1 Å². The minimum absolute atomic E-state index is 0.00264. The van der Waals surface area contributed by atoms with Crippen molar-refractivity contribution in [3.8, 4) is 0 Å². The van der Waals surface area contributed by atoms with Crippen molar-refractivity contribution in [2.45, 2.75) is 71.4 Å². The molecule has 2 amide bonds. The molecule has 1 aromatic carbocycles. The molecule has 5 nitrogen and oxygen atoms in total. The first-order valence-electron chi connectivity index (χ1n) is 12.8. The first kappa shape index (κ1) is 21.9. The lowest BCUT2D eigenvalue weighted by Gasteiger charge is -2.55. The van der Waals surface area contributed by atoms with Gasteiger partial charge in [-0.3, -0.25) is 9.59 Å². The number of nitrogens with one attached hydrogen (secondary N) is 2. The molecule has 6 rings (SSSR count). The Balaban J connectivity index is 1.10. The Kier molecular flexibility index (Phi) is 6.04. The van der Waals surface area contributed by atoms with Crippen LogP contribution in [-0.4, -0.2) is 42.4 Å². The molecule has 0 spiro atoms. The standard InChI is InChI=1S/C27H39N3O2/c1-18(2)30-8-7-20(17-30)16-28-25(31)24-5-3-19(4-6-24)15-29-26(32)27-12-21-9-22(13-27)11-23(10-21)14-27/h3-6,18,20-23H,7-17H2,1-2H3,(H,28,31)(H,29,32). The number of hydrogen-bond donors (Lipinski definition) is 2. The van der Waals surface area contributed by atoms with E-state index in [0.717, 1.165) is 68.6 Å². The van der Waals surface area contributed by atoms with Crippen molar-refractivity contribution in [1.82, 2.24) is 15.5 Å². The maximum atomic E-state index is 13.1. The number of likely N-dealkylation sites (tertiary alicyclic amines) is 1. The molecule has 1 aliphatic heterocycles. The minimum atomic E-state index is -0.0973. The van der Waals surface area contributed by atoms with Gasteiger partial charge in [-0.25, -0.2) is 0 Å². The van der Waals surface area contributed by atoms with Crippen LogP contribution in [0, 0.1) is 29.1 Å². The third-order valence-electron chi connectivity index (χ3n) is 8.79. The monoisotopic (exact) mass is 437 g/mol. The first-order valence-corrected chi connectivity index (χ1v) is 12.8. The van der Waals surface area contributed by atoms with E-state index in [4.69, 9.17) is 0 Å². The molecule has 1 heterocycles. The summed E-state index contributed by atoms with van der Waals surface area (Å²) in [6.07, 6.45) is 8.51. The average Bonchev–Trinajstić information content (AvgIpc) is 3.25. The van der Waals surface area contributed by atoms with Crippen molar-refractivity contribution in [2.75, 3.05) is 19.6 Å². The van der Waals surface area contributed by atoms with Crippen LogP contribution in [0.4, 0.5) is 0 Å². The van der Waals surface area contributed by atoms with Gasteiger partial charge in [0.15, 0.2) is 0 Å². The molecule has 1 unspecified atom stereocenters. The van der Waals surface area contributed by atoms with Gasteiger partial charge in [-0.15, -0.1) is 0 Å². The van der Waals surface area contributed by atoms with Crippen LogP contribution in [0.2, 0.25) is 0 Å². The first-order chi connectivity index (χ1) is 15.4. The second-order valence-electron chi connectivity index (χ2n) is 11.5. The summed E-state index contributed by atoms with van der Waals surface area (Å²) in [5.41, 5.74) is 1.66. The van der Waals surface area contributed by atoms with Crippen LogP contribution in [0.1, 0.15) is 74.7 Å². The molecular weight excluding hydrogens is 398 g/mol. The number of nitrogens with zero attached hydrogens (tertiary/aromatic N) is 1. The molecule has 4 bridgehead atoms. The number of amides is 2. The lowest BCUT2D eigenvalue weighted by molar-refractivity contribution is -0.146. The Bertz CT molecular complexity index is 812. The van der Waals surface area contributed by atoms with Gasteiger partial charge < -0.3 is 15.5 Å². The fourth-order valence-corrected chi connectivity index (χ4v) is 7.37. The summed E-state index contributed by atoms with van der Waals surface area (Å²) >= 11 is 0. The minimum Gasteiger partial charge on any atom is -0.352 e. The number of rotatable bonds is 7. The van der Waals surface area contributed by atoms with Gasteiger partial charge in [-0.2, -0.15) is 0 Å². The van der Waals surface area contributed by atoms with Crippen LogP contribution < -0.4 is 10.6 Å². The van der Waals surface area contributed by atoms with E-state index in [-0.39, 0.29) is 17.2 Å². The average molecular weight is 438 g/mol. The molecule has 5 heteroatoms. The molecule has 0 radical (unpaired) electrons. The van der Waals surface area contributed by atoms with Gasteiger partial charge in [0, 0.05) is 36.7 Å². The van der Waals surface area contributed by atoms with Crippen LogP contribution in [0.3, 0.4) is 0 Å². The molecule has 1 saturated heterocycles. The van der Waals surface area contributed by atoms with Crippen molar-refractivity contribution >= 4 is 11.8 Å². The highest BCUT2D eigenvalue weighted by atomic mass is 16.2. The van der Waals surface area contributed by atoms with Gasteiger partial charge in [-0.05, 0) is 107 Å². The topological polar surface area (TPSA) is 61.4 Å². The van der Waals surface area contributed by atoms with Gasteiger partial charge in [-0.1, -0.05) is 12.1 Å². The molecule has 32 heavy (non-hydrogen) atoms. The Morgan fingerprint density at radius 2 is 1.62 bits per heavy atom. The summed E-state index contributed by atoms with van der Waals surface area (Å²) in [4.78, 5) is 28.2. The summed E-state index contributed by atoms with van der Waals surface area (Å²) < 4.78 is 0. The second kappa shape index (κ2) is 8.81. The van der Waals surface area contributed by atoms with E-state index in [1.807, 2.05) is 24.3 Å². The Labute approximate surface area is 192 Å². The molecule has 4 saturated carbocycles. The van der Waals surface area contributed by atoms with Crippen LogP contribution >= 0.6 is 0 Å². The normalized spacial score (nSPS) is 33.6. The highest BCUT2D eigenvalue weighted by molar-refractivity contribution is 5.94. The lowest BCUT2D eigenvalue weighted by atomic mass is 9.49. The van der Waals surface area contributed by atoms with E-state index < -0.39 is 0 Å². The molecule has 4 aliphatic carbocycles. The summed E-state index contributed by atoms with van der Waals surface area (Å²) in [6.45, 7) is 7.95. The van der Waals surface area contributed by atoms with Gasteiger partial charge in [0.1, 0.15) is 0 Å². The van der Waals surface area contributed by atoms with E-state index in [2.05, 4.69) is 29.4 Å². The van der Waals surface area contributed by atoms with Crippen LogP contribution in [0.5, 0.6) is 0 Å². The van der Waals surface area contributed by atoms with Crippen LogP contribution in [-0.2, 0) is 11.3 Å². The maximum Gasteiger partial charge on any atom is 0.251 e. The summed E-state index contributed by atoms with van der Waals surface area (Å²) in [6, 6.07) is 8.30. The van der Waals surface area contributed by atoms with Crippen LogP contribution in [0.25, 0.3) is 0 Å². The van der Waals surface area contributed by atoms with Gasteiger partial charge >= 0.3 is 0 Å². The van der Waals surface area contributed by atoms with E-state index >= 15 is 0 Å². The summed E-state index contributed by atoms with van der Waals surface area (Å²) in [7, 11) is 0. The highest BCUT2D eigenvalue weighted by Gasteiger charge is 2.54. The van der Waals surface area contributed by atoms with E-state index in [1.165, 1.54) is 19.3 Å². The number of hydrogen-bond acceptors (Lipinski definition) is 3. The Morgan fingerprint density at radius 1 is 1.00 bits per heavy atom. The van der Waals surface area contributed by atoms with E-state index in [1.54, 1.807) is 0 Å². The molecule has 174 valence electrons. The molecule has 1 aromatic rings. The molecule has 5 aliphatic rings. The zero-order valence-corrected chi connectivity index (χ0v) is 19.7. The summed E-state index contributed by atoms with van der Waals surface area (Å²) in [5.74, 6) is 3.15. The number of benzene rings is 1. The van der Waals surface area contributed by atoms with Crippen molar-refractivity contribution in [3.05, 3.63) is 35.4 Å². The smallest absolute Gasteiger partial charge is 0.251 e. The molecule has 1 atom stereocenters. The van der Waals surface area contributed by atoms with Crippen LogP contribution in [0.15, 0.2) is 24.3 Å². The van der Waals surface area contributed by atoms with Gasteiger partial charge in [0.25, 0.3) is 5.91 Å². The molecule has 0 aromatic heterocycles. The quantitative estimate of drug-likeness (QED) is 0.678.